The summed E-state index contributed by atoms with van der Waals surface area (Å²) in [6, 6.07) is 2.40. The van der Waals surface area contributed by atoms with Crippen molar-refractivity contribution in [2.75, 3.05) is 0 Å². The van der Waals surface area contributed by atoms with E-state index in [4.69, 9.17) is 0 Å². The molecular formula is C8H4FN3O3. The lowest BCUT2D eigenvalue weighted by atomic mass is 10.4. The number of fused-ring (bicyclic) bond motifs is 1. The molecular weight excluding hydrogens is 205 g/mol. The Hall–Kier alpha value is -2.31. The Morgan fingerprint density at radius 1 is 1.60 bits per heavy atom. The minimum Gasteiger partial charge on any atom is -0.358 e. The smallest absolute Gasteiger partial charge is 0.358 e. The van der Waals surface area contributed by atoms with Gasteiger partial charge in [-0.1, -0.05) is 0 Å². The summed E-state index contributed by atoms with van der Waals surface area (Å²) in [7, 11) is 0. The van der Waals surface area contributed by atoms with Crippen LogP contribution in [0.15, 0.2) is 18.3 Å². The number of pyridine rings is 1. The van der Waals surface area contributed by atoms with Gasteiger partial charge in [0, 0.05) is 6.20 Å². The Kier molecular flexibility index (Phi) is 1.93. The van der Waals surface area contributed by atoms with E-state index in [9.17, 15) is 19.3 Å². The molecule has 0 fully saturated rings. The number of carbonyl (C=O) groups is 1. The molecule has 0 unspecified atom stereocenters. The zero-order valence-electron chi connectivity index (χ0n) is 7.25. The topological polar surface area (TPSA) is 77.5 Å². The molecule has 2 aromatic rings. The van der Waals surface area contributed by atoms with E-state index in [2.05, 4.69) is 4.98 Å². The van der Waals surface area contributed by atoms with Gasteiger partial charge in [-0.3, -0.25) is 9.20 Å². The summed E-state index contributed by atoms with van der Waals surface area (Å²) in [5.41, 5.74) is -0.301. The highest BCUT2D eigenvalue weighted by Crippen LogP contribution is 2.22. The second kappa shape index (κ2) is 3.12. The molecule has 7 heteroatoms. The largest absolute Gasteiger partial charge is 0.393 e. The first kappa shape index (κ1) is 9.25. The van der Waals surface area contributed by atoms with E-state index in [1.54, 1.807) is 0 Å². The van der Waals surface area contributed by atoms with Crippen LogP contribution in [0.2, 0.25) is 0 Å². The standard InChI is InChI=1S/C8H4FN3O3/c9-5-2-1-3-11-6(4-13)10-8(7(5)11)12(14)15/h1-4H. The Morgan fingerprint density at radius 3 is 2.93 bits per heavy atom. The number of imidazole rings is 1. The molecule has 0 aliphatic heterocycles. The molecule has 76 valence electrons. The molecule has 0 aromatic carbocycles. The summed E-state index contributed by atoms with van der Waals surface area (Å²) in [6.45, 7) is 0. The number of hydrogen-bond donors (Lipinski definition) is 0. The second-order valence-corrected chi connectivity index (χ2v) is 2.74. The predicted octanol–water partition coefficient (Wildman–Crippen LogP) is 1.19. The van der Waals surface area contributed by atoms with Gasteiger partial charge in [0.1, 0.15) is 0 Å². The zero-order chi connectivity index (χ0) is 11.0. The van der Waals surface area contributed by atoms with E-state index in [0.29, 0.717) is 6.29 Å². The fraction of sp³-hybridized carbons (Fsp3) is 0. The summed E-state index contributed by atoms with van der Waals surface area (Å²) in [6.07, 6.45) is 1.67. The monoisotopic (exact) mass is 209 g/mol. The minimum atomic E-state index is -0.828. The van der Waals surface area contributed by atoms with Gasteiger partial charge in [-0.2, -0.15) is 0 Å². The van der Waals surface area contributed by atoms with Gasteiger partial charge in [-0.25, -0.2) is 4.39 Å². The minimum absolute atomic E-state index is 0.198. The summed E-state index contributed by atoms with van der Waals surface area (Å²) in [5, 5.41) is 10.5. The van der Waals surface area contributed by atoms with Gasteiger partial charge in [-0.15, -0.1) is 0 Å². The van der Waals surface area contributed by atoms with Crippen LogP contribution in [0.4, 0.5) is 10.2 Å². The van der Waals surface area contributed by atoms with E-state index in [0.717, 1.165) is 10.5 Å². The molecule has 0 saturated heterocycles. The molecule has 2 heterocycles. The van der Waals surface area contributed by atoms with Gasteiger partial charge >= 0.3 is 5.82 Å². The van der Waals surface area contributed by atoms with Gasteiger partial charge in [0.05, 0.1) is 0 Å². The number of rotatable bonds is 2. The Balaban J connectivity index is 2.94. The lowest BCUT2D eigenvalue weighted by Crippen LogP contribution is -1.93. The van der Waals surface area contributed by atoms with Gasteiger partial charge in [-0.05, 0) is 22.0 Å². The highest BCUT2D eigenvalue weighted by molar-refractivity contribution is 5.76. The molecule has 0 radical (unpaired) electrons. The maximum atomic E-state index is 13.3. The molecule has 0 bridgehead atoms. The summed E-state index contributed by atoms with van der Waals surface area (Å²) >= 11 is 0. The Morgan fingerprint density at radius 2 is 2.33 bits per heavy atom. The van der Waals surface area contributed by atoms with Crippen LogP contribution in [-0.4, -0.2) is 20.6 Å². The predicted molar refractivity (Wildman–Crippen MR) is 47.2 cm³/mol. The van der Waals surface area contributed by atoms with Crippen LogP contribution in [-0.2, 0) is 0 Å². The van der Waals surface area contributed by atoms with Crippen molar-refractivity contribution in [2.24, 2.45) is 0 Å². The zero-order valence-corrected chi connectivity index (χ0v) is 7.25. The summed E-state index contributed by atoms with van der Waals surface area (Å²) in [4.78, 5) is 23.7. The van der Waals surface area contributed by atoms with Crippen LogP contribution in [0, 0.1) is 15.9 Å². The van der Waals surface area contributed by atoms with Gasteiger partial charge in [0.25, 0.3) is 5.82 Å². The van der Waals surface area contributed by atoms with Crippen molar-refractivity contribution in [3.05, 3.63) is 40.1 Å². The fourth-order valence-corrected chi connectivity index (χ4v) is 1.31. The first-order valence-corrected chi connectivity index (χ1v) is 3.91. The van der Waals surface area contributed by atoms with Crippen molar-refractivity contribution in [3.63, 3.8) is 0 Å². The highest BCUT2D eigenvalue weighted by atomic mass is 19.1. The van der Waals surface area contributed by atoms with Crippen LogP contribution in [0.3, 0.4) is 0 Å². The number of nitro groups is 1. The third-order valence-electron chi connectivity index (χ3n) is 1.90. The molecule has 0 aliphatic rings. The maximum absolute atomic E-state index is 13.3. The average molecular weight is 209 g/mol. The van der Waals surface area contributed by atoms with Crippen molar-refractivity contribution in [3.8, 4) is 0 Å². The number of aldehydes is 1. The summed E-state index contributed by atoms with van der Waals surface area (Å²) in [5.74, 6) is -1.64. The molecule has 2 rings (SSSR count). The molecule has 0 N–H and O–H groups in total. The maximum Gasteiger partial charge on any atom is 0.393 e. The SMILES string of the molecule is O=Cc1nc([N+](=O)[O-])c2c(F)cccn12. The number of hydrogen-bond acceptors (Lipinski definition) is 4. The highest BCUT2D eigenvalue weighted by Gasteiger charge is 2.24. The molecule has 6 nitrogen and oxygen atoms in total. The first-order chi connectivity index (χ1) is 7.15. The lowest BCUT2D eigenvalue weighted by molar-refractivity contribution is -0.387. The molecule has 15 heavy (non-hydrogen) atoms. The third kappa shape index (κ3) is 1.25. The number of halogens is 1. The molecule has 0 spiro atoms. The number of nitrogens with zero attached hydrogens (tertiary/aromatic N) is 3. The van der Waals surface area contributed by atoms with Crippen LogP contribution in [0.25, 0.3) is 5.52 Å². The van der Waals surface area contributed by atoms with Crippen LogP contribution < -0.4 is 0 Å². The molecule has 0 atom stereocenters. The average Bonchev–Trinajstić information content (AvgIpc) is 2.58. The quantitative estimate of drug-likeness (QED) is 0.423. The van der Waals surface area contributed by atoms with E-state index >= 15 is 0 Å². The molecule has 0 amide bonds. The van der Waals surface area contributed by atoms with E-state index < -0.39 is 16.6 Å². The molecule has 0 aliphatic carbocycles. The van der Waals surface area contributed by atoms with Crippen molar-refractivity contribution >= 4 is 17.6 Å². The van der Waals surface area contributed by atoms with E-state index in [1.165, 1.54) is 12.3 Å². The van der Waals surface area contributed by atoms with Gasteiger partial charge < -0.3 is 10.1 Å². The Labute approximate surface area is 82.1 Å². The van der Waals surface area contributed by atoms with Crippen molar-refractivity contribution in [1.29, 1.82) is 0 Å². The Bertz CT molecular complexity index is 564. The third-order valence-corrected chi connectivity index (χ3v) is 1.90. The van der Waals surface area contributed by atoms with Crippen LogP contribution in [0.5, 0.6) is 0 Å². The van der Waals surface area contributed by atoms with E-state index in [-0.39, 0.29) is 11.3 Å². The normalized spacial score (nSPS) is 10.5. The van der Waals surface area contributed by atoms with E-state index in [1.807, 2.05) is 0 Å². The number of carbonyl (C=O) groups excluding carboxylic acids is 1. The molecule has 2 aromatic heterocycles. The summed E-state index contributed by atoms with van der Waals surface area (Å²) < 4.78 is 14.3. The number of aromatic nitrogens is 2. The first-order valence-electron chi connectivity index (χ1n) is 3.91. The van der Waals surface area contributed by atoms with Gasteiger partial charge in [0.2, 0.25) is 6.29 Å². The fourth-order valence-electron chi connectivity index (χ4n) is 1.31. The lowest BCUT2D eigenvalue weighted by Gasteiger charge is -1.93. The van der Waals surface area contributed by atoms with Crippen molar-refractivity contribution in [1.82, 2.24) is 9.38 Å². The van der Waals surface area contributed by atoms with Crippen LogP contribution >= 0.6 is 0 Å². The molecule has 0 saturated carbocycles. The second-order valence-electron chi connectivity index (χ2n) is 2.74. The van der Waals surface area contributed by atoms with Crippen molar-refractivity contribution < 1.29 is 14.1 Å². The van der Waals surface area contributed by atoms with Gasteiger partial charge in [0.15, 0.2) is 11.3 Å². The van der Waals surface area contributed by atoms with Crippen molar-refractivity contribution in [2.45, 2.75) is 0 Å². The van der Waals surface area contributed by atoms with Crippen LogP contribution in [0.1, 0.15) is 10.6 Å².